The minimum absolute atomic E-state index is 0.0584. The summed E-state index contributed by atoms with van der Waals surface area (Å²) >= 11 is 5.80. The van der Waals surface area contributed by atoms with E-state index in [0.717, 1.165) is 5.75 Å². The van der Waals surface area contributed by atoms with Crippen LogP contribution in [0.5, 0.6) is 5.75 Å². The fraction of sp³-hybridized carbons (Fsp3) is 0.556. The molecule has 1 aromatic rings. The minimum atomic E-state index is -0.407. The summed E-state index contributed by atoms with van der Waals surface area (Å²) in [5, 5.41) is 3.48. The molecule has 1 atom stereocenters. The van der Waals surface area contributed by atoms with Gasteiger partial charge in [0.15, 0.2) is 0 Å². The van der Waals surface area contributed by atoms with E-state index >= 15 is 0 Å². The lowest BCUT2D eigenvalue weighted by atomic mass is 9.92. The number of hydrogen-bond donors (Lipinski definition) is 1. The summed E-state index contributed by atoms with van der Waals surface area (Å²) in [5.41, 5.74) is 0. The standard InChI is InChI=1S/C18H26ClNO4/c1-4-23-18(22)16(13(2)3)12-17(21)20-10-5-11-24-15-8-6-14(19)7-9-15/h6-9,13,16H,4-5,10-12H2,1-3H3,(H,20,21). The van der Waals surface area contributed by atoms with Crippen LogP contribution in [0.2, 0.25) is 5.02 Å². The lowest BCUT2D eigenvalue weighted by Crippen LogP contribution is -2.32. The van der Waals surface area contributed by atoms with Gasteiger partial charge in [-0.2, -0.15) is 0 Å². The van der Waals surface area contributed by atoms with Crippen molar-refractivity contribution in [2.24, 2.45) is 11.8 Å². The summed E-state index contributed by atoms with van der Waals surface area (Å²) in [5.74, 6) is -0.0619. The molecule has 0 aromatic heterocycles. The third-order valence-electron chi connectivity index (χ3n) is 3.53. The van der Waals surface area contributed by atoms with Gasteiger partial charge in [-0.05, 0) is 43.5 Å². The van der Waals surface area contributed by atoms with Crippen LogP contribution in [0.4, 0.5) is 0 Å². The Morgan fingerprint density at radius 2 is 1.88 bits per heavy atom. The second kappa shape index (κ2) is 10.9. The Morgan fingerprint density at radius 1 is 1.21 bits per heavy atom. The number of nitrogens with one attached hydrogen (secondary N) is 1. The Kier molecular flexibility index (Phi) is 9.23. The number of amides is 1. The fourth-order valence-electron chi connectivity index (χ4n) is 2.13. The van der Waals surface area contributed by atoms with Gasteiger partial charge in [0.05, 0.1) is 19.1 Å². The van der Waals surface area contributed by atoms with Gasteiger partial charge < -0.3 is 14.8 Å². The van der Waals surface area contributed by atoms with Crippen molar-refractivity contribution in [3.63, 3.8) is 0 Å². The highest BCUT2D eigenvalue weighted by Gasteiger charge is 2.26. The quantitative estimate of drug-likeness (QED) is 0.515. The van der Waals surface area contributed by atoms with E-state index in [-0.39, 0.29) is 24.2 Å². The summed E-state index contributed by atoms with van der Waals surface area (Å²) < 4.78 is 10.6. The molecule has 0 spiro atoms. The second-order valence-corrected chi connectivity index (χ2v) is 6.25. The SMILES string of the molecule is CCOC(=O)C(CC(=O)NCCCOc1ccc(Cl)cc1)C(C)C. The summed E-state index contributed by atoms with van der Waals surface area (Å²) in [7, 11) is 0. The number of carbonyl (C=O) groups is 2. The van der Waals surface area contributed by atoms with Crippen molar-refractivity contribution in [1.29, 1.82) is 0 Å². The molecule has 1 unspecified atom stereocenters. The average molecular weight is 356 g/mol. The Balaban J connectivity index is 2.24. The third-order valence-corrected chi connectivity index (χ3v) is 3.78. The maximum atomic E-state index is 12.0. The van der Waals surface area contributed by atoms with Crippen molar-refractivity contribution >= 4 is 23.5 Å². The van der Waals surface area contributed by atoms with E-state index in [9.17, 15) is 9.59 Å². The molecule has 0 saturated carbocycles. The first-order valence-corrected chi connectivity index (χ1v) is 8.63. The van der Waals surface area contributed by atoms with Crippen LogP contribution in [-0.4, -0.2) is 31.6 Å². The molecule has 1 rings (SSSR count). The molecule has 0 saturated heterocycles. The van der Waals surface area contributed by atoms with Crippen LogP contribution in [0.25, 0.3) is 0 Å². The topological polar surface area (TPSA) is 64.6 Å². The van der Waals surface area contributed by atoms with Crippen molar-refractivity contribution in [2.75, 3.05) is 19.8 Å². The van der Waals surface area contributed by atoms with E-state index in [0.29, 0.717) is 31.2 Å². The highest BCUT2D eigenvalue weighted by atomic mass is 35.5. The van der Waals surface area contributed by atoms with Crippen LogP contribution < -0.4 is 10.1 Å². The number of halogens is 1. The molecule has 0 bridgehead atoms. The lowest BCUT2D eigenvalue weighted by molar-refractivity contribution is -0.151. The van der Waals surface area contributed by atoms with Gasteiger partial charge in [-0.25, -0.2) is 0 Å². The fourth-order valence-corrected chi connectivity index (χ4v) is 2.26. The summed E-state index contributed by atoms with van der Waals surface area (Å²) in [6.45, 7) is 6.90. The molecule has 1 amide bonds. The number of carbonyl (C=O) groups excluding carboxylic acids is 2. The molecule has 0 radical (unpaired) electrons. The molecule has 1 N–H and O–H groups in total. The molecular weight excluding hydrogens is 330 g/mol. The van der Waals surface area contributed by atoms with Crippen LogP contribution in [-0.2, 0) is 14.3 Å². The number of rotatable bonds is 10. The van der Waals surface area contributed by atoms with Crippen molar-refractivity contribution in [2.45, 2.75) is 33.6 Å². The van der Waals surface area contributed by atoms with Crippen LogP contribution in [0.1, 0.15) is 33.6 Å². The Hall–Kier alpha value is -1.75. The molecule has 0 fully saturated rings. The normalized spacial score (nSPS) is 11.9. The smallest absolute Gasteiger partial charge is 0.309 e. The maximum Gasteiger partial charge on any atom is 0.309 e. The number of hydrogen-bond acceptors (Lipinski definition) is 4. The van der Waals surface area contributed by atoms with E-state index in [1.807, 2.05) is 13.8 Å². The molecule has 6 heteroatoms. The summed E-state index contributed by atoms with van der Waals surface area (Å²) in [6.07, 6.45) is 0.828. The van der Waals surface area contributed by atoms with E-state index in [1.54, 1.807) is 31.2 Å². The monoisotopic (exact) mass is 355 g/mol. The van der Waals surface area contributed by atoms with E-state index in [4.69, 9.17) is 21.1 Å². The van der Waals surface area contributed by atoms with Crippen LogP contribution >= 0.6 is 11.6 Å². The number of esters is 1. The number of benzene rings is 1. The van der Waals surface area contributed by atoms with Crippen molar-refractivity contribution < 1.29 is 19.1 Å². The van der Waals surface area contributed by atoms with Gasteiger partial charge in [-0.15, -0.1) is 0 Å². The number of ether oxygens (including phenoxy) is 2. The van der Waals surface area contributed by atoms with Gasteiger partial charge in [-0.3, -0.25) is 9.59 Å². The Bertz CT molecular complexity index is 516. The first-order valence-electron chi connectivity index (χ1n) is 8.25. The Labute approximate surface area is 148 Å². The predicted molar refractivity (Wildman–Crippen MR) is 94.2 cm³/mol. The van der Waals surface area contributed by atoms with Crippen LogP contribution in [0, 0.1) is 11.8 Å². The predicted octanol–water partition coefficient (Wildman–Crippen LogP) is 3.45. The van der Waals surface area contributed by atoms with Crippen molar-refractivity contribution in [3.05, 3.63) is 29.3 Å². The molecular formula is C18H26ClNO4. The van der Waals surface area contributed by atoms with Crippen LogP contribution in [0.3, 0.4) is 0 Å². The average Bonchev–Trinajstić information content (AvgIpc) is 2.54. The van der Waals surface area contributed by atoms with Gasteiger partial charge in [0.2, 0.25) is 5.91 Å². The molecule has 1 aromatic carbocycles. The molecule has 0 heterocycles. The molecule has 24 heavy (non-hydrogen) atoms. The van der Waals surface area contributed by atoms with Gasteiger partial charge >= 0.3 is 5.97 Å². The summed E-state index contributed by atoms with van der Waals surface area (Å²) in [6, 6.07) is 7.13. The largest absolute Gasteiger partial charge is 0.494 e. The highest BCUT2D eigenvalue weighted by Crippen LogP contribution is 2.17. The second-order valence-electron chi connectivity index (χ2n) is 5.81. The molecule has 0 aliphatic rings. The third kappa shape index (κ3) is 7.68. The van der Waals surface area contributed by atoms with E-state index in [1.165, 1.54) is 0 Å². The van der Waals surface area contributed by atoms with Gasteiger partial charge in [-0.1, -0.05) is 25.4 Å². The zero-order valence-corrected chi connectivity index (χ0v) is 15.3. The zero-order chi connectivity index (χ0) is 17.9. The zero-order valence-electron chi connectivity index (χ0n) is 14.5. The first-order chi connectivity index (χ1) is 11.4. The first kappa shape index (κ1) is 20.3. The maximum absolute atomic E-state index is 12.0. The molecule has 134 valence electrons. The van der Waals surface area contributed by atoms with Gasteiger partial charge in [0, 0.05) is 18.0 Å². The van der Waals surface area contributed by atoms with E-state index < -0.39 is 5.92 Å². The van der Waals surface area contributed by atoms with E-state index in [2.05, 4.69) is 5.32 Å². The molecule has 0 aliphatic carbocycles. The van der Waals surface area contributed by atoms with Gasteiger partial charge in [0.25, 0.3) is 0 Å². The highest BCUT2D eigenvalue weighted by molar-refractivity contribution is 6.30. The Morgan fingerprint density at radius 3 is 2.46 bits per heavy atom. The van der Waals surface area contributed by atoms with Crippen molar-refractivity contribution in [3.8, 4) is 5.75 Å². The summed E-state index contributed by atoms with van der Waals surface area (Å²) in [4.78, 5) is 23.8. The van der Waals surface area contributed by atoms with Crippen molar-refractivity contribution in [1.82, 2.24) is 5.32 Å². The molecule has 0 aliphatic heterocycles. The van der Waals surface area contributed by atoms with Gasteiger partial charge in [0.1, 0.15) is 5.75 Å². The minimum Gasteiger partial charge on any atom is -0.494 e. The van der Waals surface area contributed by atoms with Crippen LogP contribution in [0.15, 0.2) is 24.3 Å². The lowest BCUT2D eigenvalue weighted by Gasteiger charge is -2.18. The molecule has 5 nitrogen and oxygen atoms in total.